The van der Waals surface area contributed by atoms with Gasteiger partial charge in [0.25, 0.3) is 0 Å². The number of hydrogen-bond donors (Lipinski definition) is 2. The molecule has 0 aliphatic heterocycles. The van der Waals surface area contributed by atoms with E-state index in [4.69, 9.17) is 18.0 Å². The Bertz CT molecular complexity index is 361. The number of hydrogen-bond acceptors (Lipinski definition) is 2. The van der Waals surface area contributed by atoms with E-state index < -0.39 is 5.41 Å². The Morgan fingerprint density at radius 1 is 1.22 bits per heavy atom. The molecule has 1 amide bonds. The van der Waals surface area contributed by atoms with Gasteiger partial charge in [-0.2, -0.15) is 0 Å². The number of carbonyl (C=O) groups excluding carboxylic acids is 1. The summed E-state index contributed by atoms with van der Waals surface area (Å²) in [5, 5.41) is 3.23. The second-order valence-electron chi connectivity index (χ2n) is 6.56. The first-order valence-electron chi connectivity index (χ1n) is 6.99. The normalized spacial score (nSPS) is 29.1. The Labute approximate surface area is 115 Å². The van der Waals surface area contributed by atoms with Crippen molar-refractivity contribution in [3.8, 4) is 0 Å². The predicted molar refractivity (Wildman–Crippen MR) is 77.2 cm³/mol. The van der Waals surface area contributed by atoms with Crippen LogP contribution in [0.15, 0.2) is 0 Å². The zero-order valence-electron chi connectivity index (χ0n) is 11.4. The minimum atomic E-state index is -0.539. The minimum Gasteiger partial charge on any atom is -0.392 e. The first kappa shape index (κ1) is 13.8. The van der Waals surface area contributed by atoms with E-state index in [2.05, 4.69) is 19.2 Å². The molecule has 0 radical (unpaired) electrons. The summed E-state index contributed by atoms with van der Waals surface area (Å²) in [5.74, 6) is 0.0706. The third-order valence-electron chi connectivity index (χ3n) is 4.93. The van der Waals surface area contributed by atoms with Crippen molar-refractivity contribution in [3.63, 3.8) is 0 Å². The summed E-state index contributed by atoms with van der Waals surface area (Å²) in [6.07, 6.45) is 7.42. The van der Waals surface area contributed by atoms with Gasteiger partial charge >= 0.3 is 0 Å². The molecule has 2 saturated carbocycles. The van der Waals surface area contributed by atoms with Gasteiger partial charge in [0.15, 0.2) is 0 Å². The molecule has 18 heavy (non-hydrogen) atoms. The van der Waals surface area contributed by atoms with Crippen molar-refractivity contribution >= 4 is 23.1 Å². The summed E-state index contributed by atoms with van der Waals surface area (Å²) in [6, 6.07) is 0.269. The number of amides is 1. The lowest BCUT2D eigenvalue weighted by molar-refractivity contribution is -0.132. The molecule has 0 aromatic rings. The summed E-state index contributed by atoms with van der Waals surface area (Å²) in [7, 11) is 0. The molecule has 1 unspecified atom stereocenters. The standard InChI is InChI=1S/C14H24N2OS/c1-13(2)7-4-3-6-10(13)16-12(17)14(11(15)18)8-5-9-14/h10H,3-9H2,1-2H3,(H2,15,18)(H,16,17). The quantitative estimate of drug-likeness (QED) is 0.773. The van der Waals surface area contributed by atoms with Crippen LogP contribution in [-0.4, -0.2) is 16.9 Å². The molecular formula is C14H24N2OS. The van der Waals surface area contributed by atoms with Crippen molar-refractivity contribution < 1.29 is 4.79 Å². The maximum absolute atomic E-state index is 12.5. The van der Waals surface area contributed by atoms with E-state index in [0.717, 1.165) is 25.7 Å². The number of carbonyl (C=O) groups is 1. The fourth-order valence-electron chi connectivity index (χ4n) is 3.17. The van der Waals surface area contributed by atoms with Crippen molar-refractivity contribution in [2.75, 3.05) is 0 Å². The van der Waals surface area contributed by atoms with Gasteiger partial charge in [-0.3, -0.25) is 4.79 Å². The summed E-state index contributed by atoms with van der Waals surface area (Å²) in [6.45, 7) is 4.48. The van der Waals surface area contributed by atoms with Crippen molar-refractivity contribution in [3.05, 3.63) is 0 Å². The molecule has 3 N–H and O–H groups in total. The molecule has 2 aliphatic carbocycles. The third kappa shape index (κ3) is 2.27. The Morgan fingerprint density at radius 2 is 1.89 bits per heavy atom. The molecule has 0 saturated heterocycles. The van der Waals surface area contributed by atoms with Crippen LogP contribution in [-0.2, 0) is 4.79 Å². The first-order valence-corrected chi connectivity index (χ1v) is 7.40. The van der Waals surface area contributed by atoms with Crippen LogP contribution >= 0.6 is 12.2 Å². The highest BCUT2D eigenvalue weighted by atomic mass is 32.1. The van der Waals surface area contributed by atoms with Crippen LogP contribution in [0.4, 0.5) is 0 Å². The highest BCUT2D eigenvalue weighted by Gasteiger charge is 2.48. The summed E-state index contributed by atoms with van der Waals surface area (Å²) < 4.78 is 0. The maximum Gasteiger partial charge on any atom is 0.233 e. The summed E-state index contributed by atoms with van der Waals surface area (Å²) in [4.78, 5) is 12.8. The largest absolute Gasteiger partial charge is 0.392 e. The number of nitrogens with two attached hydrogens (primary N) is 1. The van der Waals surface area contributed by atoms with Crippen molar-refractivity contribution in [1.82, 2.24) is 5.32 Å². The van der Waals surface area contributed by atoms with Gasteiger partial charge in [0.05, 0.1) is 10.4 Å². The van der Waals surface area contributed by atoms with Gasteiger partial charge in [-0.25, -0.2) is 0 Å². The van der Waals surface area contributed by atoms with E-state index in [9.17, 15) is 4.79 Å². The van der Waals surface area contributed by atoms with Gasteiger partial charge in [0, 0.05) is 6.04 Å². The van der Waals surface area contributed by atoms with Crippen LogP contribution in [0.1, 0.15) is 58.8 Å². The Morgan fingerprint density at radius 3 is 2.33 bits per heavy atom. The topological polar surface area (TPSA) is 55.1 Å². The average Bonchev–Trinajstić information content (AvgIpc) is 2.18. The molecule has 2 fully saturated rings. The van der Waals surface area contributed by atoms with E-state index in [-0.39, 0.29) is 17.4 Å². The fraction of sp³-hybridized carbons (Fsp3) is 0.857. The van der Waals surface area contributed by atoms with Crippen LogP contribution < -0.4 is 11.1 Å². The van der Waals surface area contributed by atoms with Gasteiger partial charge in [-0.15, -0.1) is 0 Å². The van der Waals surface area contributed by atoms with E-state index in [1.807, 2.05) is 0 Å². The monoisotopic (exact) mass is 268 g/mol. The van der Waals surface area contributed by atoms with Crippen molar-refractivity contribution in [1.29, 1.82) is 0 Å². The fourth-order valence-corrected chi connectivity index (χ4v) is 3.47. The number of rotatable bonds is 3. The summed E-state index contributed by atoms with van der Waals surface area (Å²) in [5.41, 5.74) is 5.43. The van der Waals surface area contributed by atoms with E-state index >= 15 is 0 Å². The molecule has 4 heteroatoms. The van der Waals surface area contributed by atoms with Crippen LogP contribution in [0.25, 0.3) is 0 Å². The molecule has 0 aromatic carbocycles. The molecule has 0 aromatic heterocycles. The van der Waals surface area contributed by atoms with Gasteiger partial charge in [0.2, 0.25) is 5.91 Å². The minimum absolute atomic E-state index is 0.0706. The third-order valence-corrected chi connectivity index (χ3v) is 5.32. The number of thiocarbonyl (C=S) groups is 1. The van der Waals surface area contributed by atoms with Crippen molar-refractivity contribution in [2.24, 2.45) is 16.6 Å². The Hall–Kier alpha value is -0.640. The molecule has 2 rings (SSSR count). The second kappa shape index (κ2) is 4.80. The lowest BCUT2D eigenvalue weighted by Gasteiger charge is -2.44. The van der Waals surface area contributed by atoms with Gasteiger partial charge in [0.1, 0.15) is 0 Å². The lowest BCUT2D eigenvalue weighted by Crippen LogP contribution is -2.57. The lowest BCUT2D eigenvalue weighted by atomic mass is 9.67. The molecule has 0 heterocycles. The SMILES string of the molecule is CC1(C)CCCCC1NC(=O)C1(C(N)=S)CCC1. The number of nitrogens with one attached hydrogen (secondary N) is 1. The highest BCUT2D eigenvalue weighted by molar-refractivity contribution is 7.80. The zero-order valence-corrected chi connectivity index (χ0v) is 12.2. The maximum atomic E-state index is 12.5. The Kier molecular flexibility index (Phi) is 3.67. The second-order valence-corrected chi connectivity index (χ2v) is 7.00. The molecule has 1 atom stereocenters. The molecule has 3 nitrogen and oxygen atoms in total. The Balaban J connectivity index is 2.04. The molecule has 102 valence electrons. The van der Waals surface area contributed by atoms with E-state index in [1.165, 1.54) is 19.3 Å². The average molecular weight is 268 g/mol. The predicted octanol–water partition coefficient (Wildman–Crippen LogP) is 2.53. The van der Waals surface area contributed by atoms with Crippen LogP contribution in [0.2, 0.25) is 0 Å². The zero-order chi connectivity index (χ0) is 13.4. The van der Waals surface area contributed by atoms with Gasteiger partial charge in [-0.05, 0) is 31.1 Å². The molecule has 2 aliphatic rings. The van der Waals surface area contributed by atoms with E-state index in [0.29, 0.717) is 4.99 Å². The molecule has 0 bridgehead atoms. The van der Waals surface area contributed by atoms with Gasteiger partial charge < -0.3 is 11.1 Å². The van der Waals surface area contributed by atoms with Crippen LogP contribution in [0, 0.1) is 10.8 Å². The highest BCUT2D eigenvalue weighted by Crippen LogP contribution is 2.43. The van der Waals surface area contributed by atoms with Gasteiger partial charge in [-0.1, -0.05) is 45.3 Å². The smallest absolute Gasteiger partial charge is 0.233 e. The molecule has 0 spiro atoms. The van der Waals surface area contributed by atoms with Crippen molar-refractivity contribution in [2.45, 2.75) is 64.8 Å². The van der Waals surface area contributed by atoms with E-state index in [1.54, 1.807) is 0 Å². The summed E-state index contributed by atoms with van der Waals surface area (Å²) >= 11 is 5.10. The molecular weight excluding hydrogens is 244 g/mol. The first-order chi connectivity index (χ1) is 8.38. The van der Waals surface area contributed by atoms with Crippen LogP contribution in [0.5, 0.6) is 0 Å². The van der Waals surface area contributed by atoms with Crippen LogP contribution in [0.3, 0.4) is 0 Å².